The standard InChI is InChI=1S/C8H13NO/c10-7-1-2-8(7)3-5-9-6-4-8/h9H,1-6H2. The summed E-state index contributed by atoms with van der Waals surface area (Å²) < 4.78 is 0. The van der Waals surface area contributed by atoms with E-state index < -0.39 is 0 Å². The average molecular weight is 139 g/mol. The maximum absolute atomic E-state index is 11.2. The van der Waals surface area contributed by atoms with Crippen LogP contribution in [-0.4, -0.2) is 18.9 Å². The Morgan fingerprint density at radius 2 is 1.90 bits per heavy atom. The Bertz CT molecular complexity index is 159. The van der Waals surface area contributed by atoms with E-state index in [9.17, 15) is 4.79 Å². The molecule has 0 bridgehead atoms. The highest BCUT2D eigenvalue weighted by molar-refractivity contribution is 5.90. The first-order valence-corrected chi connectivity index (χ1v) is 4.08. The van der Waals surface area contributed by atoms with Crippen LogP contribution in [0.25, 0.3) is 0 Å². The van der Waals surface area contributed by atoms with Gasteiger partial charge in [-0.1, -0.05) is 0 Å². The number of hydrogen-bond donors (Lipinski definition) is 1. The molecule has 1 spiro atoms. The Morgan fingerprint density at radius 1 is 1.20 bits per heavy atom. The summed E-state index contributed by atoms with van der Waals surface area (Å²) in [6.07, 6.45) is 4.19. The molecule has 0 unspecified atom stereocenters. The predicted molar refractivity (Wildman–Crippen MR) is 38.8 cm³/mol. The summed E-state index contributed by atoms with van der Waals surface area (Å²) in [6, 6.07) is 0. The molecule has 1 N–H and O–H groups in total. The fourth-order valence-electron chi connectivity index (χ4n) is 2.01. The topological polar surface area (TPSA) is 29.1 Å². The zero-order chi connectivity index (χ0) is 7.03. The highest BCUT2D eigenvalue weighted by atomic mass is 16.1. The third kappa shape index (κ3) is 0.717. The van der Waals surface area contributed by atoms with Crippen LogP contribution in [0.1, 0.15) is 25.7 Å². The normalized spacial score (nSPS) is 30.2. The first-order valence-electron chi connectivity index (χ1n) is 4.08. The van der Waals surface area contributed by atoms with E-state index in [0.717, 1.165) is 38.8 Å². The second-order valence-electron chi connectivity index (χ2n) is 3.45. The summed E-state index contributed by atoms with van der Waals surface area (Å²) in [4.78, 5) is 11.2. The molecule has 0 aromatic carbocycles. The van der Waals surface area contributed by atoms with Crippen molar-refractivity contribution in [2.24, 2.45) is 5.41 Å². The molecule has 10 heavy (non-hydrogen) atoms. The molecule has 1 saturated heterocycles. The van der Waals surface area contributed by atoms with Gasteiger partial charge < -0.3 is 5.32 Å². The zero-order valence-electron chi connectivity index (χ0n) is 6.15. The number of Topliss-reactive ketones (excluding diaryl/α,β-unsaturated/α-hetero) is 1. The largest absolute Gasteiger partial charge is 0.317 e. The number of carbonyl (C=O) groups excluding carboxylic acids is 1. The number of ketones is 1. The van der Waals surface area contributed by atoms with Gasteiger partial charge in [0.25, 0.3) is 0 Å². The third-order valence-corrected chi connectivity index (χ3v) is 2.98. The Labute approximate surface area is 61.0 Å². The van der Waals surface area contributed by atoms with Crippen LogP contribution in [0.5, 0.6) is 0 Å². The van der Waals surface area contributed by atoms with Crippen molar-refractivity contribution in [1.82, 2.24) is 5.32 Å². The van der Waals surface area contributed by atoms with E-state index in [1.165, 1.54) is 0 Å². The molecule has 56 valence electrons. The highest BCUT2D eigenvalue weighted by Crippen LogP contribution is 2.44. The molecule has 0 amide bonds. The van der Waals surface area contributed by atoms with Gasteiger partial charge in [-0.05, 0) is 32.4 Å². The average Bonchev–Trinajstić information content (AvgIpc) is 2.04. The Morgan fingerprint density at radius 3 is 2.20 bits per heavy atom. The molecule has 1 heterocycles. The molecule has 0 radical (unpaired) electrons. The Hall–Kier alpha value is -0.370. The zero-order valence-corrected chi connectivity index (χ0v) is 6.15. The van der Waals surface area contributed by atoms with Crippen LogP contribution in [0.3, 0.4) is 0 Å². The van der Waals surface area contributed by atoms with E-state index in [1.54, 1.807) is 0 Å². The molecule has 1 aliphatic carbocycles. The molecule has 0 aromatic heterocycles. The second kappa shape index (κ2) is 2.06. The molecule has 2 heteroatoms. The molecule has 1 saturated carbocycles. The number of carbonyl (C=O) groups is 1. The predicted octanol–water partition coefficient (Wildman–Crippen LogP) is 0.719. The molecular weight excluding hydrogens is 126 g/mol. The van der Waals surface area contributed by atoms with Crippen molar-refractivity contribution in [1.29, 1.82) is 0 Å². The fourth-order valence-corrected chi connectivity index (χ4v) is 2.01. The minimum Gasteiger partial charge on any atom is -0.317 e. The van der Waals surface area contributed by atoms with E-state index in [2.05, 4.69) is 5.32 Å². The van der Waals surface area contributed by atoms with Crippen LogP contribution in [-0.2, 0) is 4.79 Å². The monoisotopic (exact) mass is 139 g/mol. The number of hydrogen-bond acceptors (Lipinski definition) is 2. The second-order valence-corrected chi connectivity index (χ2v) is 3.45. The molecule has 2 nitrogen and oxygen atoms in total. The minimum atomic E-state index is 0.158. The van der Waals surface area contributed by atoms with Gasteiger partial charge in [-0.2, -0.15) is 0 Å². The van der Waals surface area contributed by atoms with Crippen LogP contribution < -0.4 is 5.32 Å². The summed E-state index contributed by atoms with van der Waals surface area (Å²) in [5, 5.41) is 3.28. The van der Waals surface area contributed by atoms with Gasteiger partial charge in [-0.15, -0.1) is 0 Å². The van der Waals surface area contributed by atoms with Gasteiger partial charge in [0.05, 0.1) is 0 Å². The van der Waals surface area contributed by atoms with Gasteiger partial charge in [0.2, 0.25) is 0 Å². The molecular formula is C8H13NO. The van der Waals surface area contributed by atoms with Gasteiger partial charge in [-0.3, -0.25) is 4.79 Å². The summed E-state index contributed by atoms with van der Waals surface area (Å²) in [5.74, 6) is 0.522. The van der Waals surface area contributed by atoms with Crippen LogP contribution in [0.4, 0.5) is 0 Å². The maximum atomic E-state index is 11.2. The Balaban J connectivity index is 2.06. The van der Waals surface area contributed by atoms with E-state index in [0.29, 0.717) is 5.78 Å². The van der Waals surface area contributed by atoms with Gasteiger partial charge in [0.15, 0.2) is 0 Å². The van der Waals surface area contributed by atoms with E-state index >= 15 is 0 Å². The lowest BCUT2D eigenvalue weighted by Gasteiger charge is -2.43. The van der Waals surface area contributed by atoms with Crippen molar-refractivity contribution >= 4 is 5.78 Å². The highest BCUT2D eigenvalue weighted by Gasteiger charge is 2.45. The van der Waals surface area contributed by atoms with Gasteiger partial charge >= 0.3 is 0 Å². The number of piperidine rings is 1. The van der Waals surface area contributed by atoms with E-state index in [1.807, 2.05) is 0 Å². The van der Waals surface area contributed by atoms with Crippen molar-refractivity contribution in [3.8, 4) is 0 Å². The van der Waals surface area contributed by atoms with Gasteiger partial charge in [-0.25, -0.2) is 0 Å². The summed E-state index contributed by atoms with van der Waals surface area (Å²) in [6.45, 7) is 2.09. The lowest BCUT2D eigenvalue weighted by atomic mass is 9.62. The fraction of sp³-hybridized carbons (Fsp3) is 0.875. The SMILES string of the molecule is O=C1CCC12CCNCC2. The molecule has 2 rings (SSSR count). The Kier molecular flexibility index (Phi) is 1.31. The van der Waals surface area contributed by atoms with Crippen molar-refractivity contribution in [2.75, 3.05) is 13.1 Å². The van der Waals surface area contributed by atoms with Gasteiger partial charge in [0, 0.05) is 11.8 Å². The van der Waals surface area contributed by atoms with Crippen LogP contribution in [0, 0.1) is 5.41 Å². The summed E-state index contributed by atoms with van der Waals surface area (Å²) >= 11 is 0. The lowest BCUT2D eigenvalue weighted by molar-refractivity contribution is -0.140. The quantitative estimate of drug-likeness (QED) is 0.535. The smallest absolute Gasteiger partial charge is 0.139 e. The number of nitrogens with one attached hydrogen (secondary N) is 1. The van der Waals surface area contributed by atoms with Crippen molar-refractivity contribution in [3.63, 3.8) is 0 Å². The molecule has 2 fully saturated rings. The first kappa shape index (κ1) is 6.35. The van der Waals surface area contributed by atoms with Gasteiger partial charge in [0.1, 0.15) is 5.78 Å². The van der Waals surface area contributed by atoms with Crippen molar-refractivity contribution in [3.05, 3.63) is 0 Å². The van der Waals surface area contributed by atoms with Crippen molar-refractivity contribution < 1.29 is 4.79 Å². The number of rotatable bonds is 0. The third-order valence-electron chi connectivity index (χ3n) is 2.98. The minimum absolute atomic E-state index is 0.158. The molecule has 2 aliphatic rings. The van der Waals surface area contributed by atoms with Crippen LogP contribution in [0.2, 0.25) is 0 Å². The molecule has 0 atom stereocenters. The van der Waals surface area contributed by atoms with Crippen LogP contribution in [0.15, 0.2) is 0 Å². The van der Waals surface area contributed by atoms with Crippen LogP contribution >= 0.6 is 0 Å². The van der Waals surface area contributed by atoms with Crippen molar-refractivity contribution in [2.45, 2.75) is 25.7 Å². The lowest BCUT2D eigenvalue weighted by Crippen LogP contribution is -2.48. The van der Waals surface area contributed by atoms with E-state index in [4.69, 9.17) is 0 Å². The molecule has 0 aromatic rings. The van der Waals surface area contributed by atoms with E-state index in [-0.39, 0.29) is 5.41 Å². The maximum Gasteiger partial charge on any atom is 0.139 e. The first-order chi connectivity index (χ1) is 4.83. The molecule has 1 aliphatic heterocycles. The summed E-state index contributed by atoms with van der Waals surface area (Å²) in [7, 11) is 0. The summed E-state index contributed by atoms with van der Waals surface area (Å²) in [5.41, 5.74) is 0.158.